The zero-order chi connectivity index (χ0) is 7.40. The fourth-order valence-corrected chi connectivity index (χ4v) is 1.34. The molecular weight excluding hydrogens is 160 g/mol. The van der Waals surface area contributed by atoms with Crippen LogP contribution in [0.25, 0.3) is 0 Å². The van der Waals surface area contributed by atoms with Crippen LogP contribution in [0.1, 0.15) is 5.56 Å². The van der Waals surface area contributed by atoms with Crippen molar-refractivity contribution in [2.75, 3.05) is 0 Å². The minimum absolute atomic E-state index is 0.817. The zero-order valence-corrected chi connectivity index (χ0v) is 7.36. The van der Waals surface area contributed by atoms with Gasteiger partial charge in [-0.05, 0) is 24.1 Å². The summed E-state index contributed by atoms with van der Waals surface area (Å²) in [7, 11) is 3.41. The molecule has 0 heterocycles. The monoisotopic (exact) mass is 167 g/mol. The molecule has 0 saturated heterocycles. The Hall–Kier alpha value is -0.273. The molecule has 1 aromatic rings. The third-order valence-corrected chi connectivity index (χ3v) is 1.79. The average molecular weight is 168 g/mol. The van der Waals surface area contributed by atoms with E-state index in [2.05, 4.69) is 16.3 Å². The molecule has 0 nitrogen and oxygen atoms in total. The first kappa shape index (κ1) is 7.83. The third kappa shape index (κ3) is 2.16. The van der Waals surface area contributed by atoms with Gasteiger partial charge < -0.3 is 0 Å². The van der Waals surface area contributed by atoms with Crippen LogP contribution in [0.5, 0.6) is 0 Å². The quantitative estimate of drug-likeness (QED) is 0.594. The average Bonchev–Trinajstić information content (AvgIpc) is 1.88. The van der Waals surface area contributed by atoms with Crippen molar-refractivity contribution in [1.82, 2.24) is 0 Å². The second kappa shape index (κ2) is 3.79. The maximum Gasteiger partial charge on any atom is 0.0408 e. The van der Waals surface area contributed by atoms with E-state index in [1.165, 1.54) is 5.56 Å². The van der Waals surface area contributed by atoms with Crippen molar-refractivity contribution in [3.8, 4) is 0 Å². The van der Waals surface area contributed by atoms with Crippen LogP contribution in [0.3, 0.4) is 0 Å². The predicted molar refractivity (Wildman–Crippen MR) is 45.7 cm³/mol. The standard InChI is InChI=1S/C8H8ClSi/c9-8-3-1-2-7(6-8)4-5-10/h1-3,6H,4-5H2. The first-order valence-electron chi connectivity index (χ1n) is 3.22. The highest BCUT2D eigenvalue weighted by Gasteiger charge is 1.90. The summed E-state index contributed by atoms with van der Waals surface area (Å²) >= 11 is 5.76. The van der Waals surface area contributed by atoms with E-state index in [-0.39, 0.29) is 0 Å². The SMILES string of the molecule is [Si]CCc1cccc(Cl)c1. The third-order valence-electron chi connectivity index (χ3n) is 1.30. The summed E-state index contributed by atoms with van der Waals surface area (Å²) in [6.07, 6.45) is 1.04. The van der Waals surface area contributed by atoms with Gasteiger partial charge in [0.2, 0.25) is 0 Å². The van der Waals surface area contributed by atoms with E-state index in [4.69, 9.17) is 11.6 Å². The molecule has 0 aromatic heterocycles. The number of hydrogen-bond donors (Lipinski definition) is 0. The molecule has 0 atom stereocenters. The molecule has 0 saturated carbocycles. The molecular formula is C8H8ClSi. The van der Waals surface area contributed by atoms with Gasteiger partial charge in [-0.15, -0.1) is 0 Å². The minimum Gasteiger partial charge on any atom is -0.0843 e. The first-order chi connectivity index (χ1) is 4.83. The van der Waals surface area contributed by atoms with Crippen molar-refractivity contribution in [2.45, 2.75) is 12.5 Å². The first-order valence-corrected chi connectivity index (χ1v) is 4.30. The van der Waals surface area contributed by atoms with Crippen molar-refractivity contribution >= 4 is 21.8 Å². The number of hydrogen-bond acceptors (Lipinski definition) is 0. The molecule has 0 bridgehead atoms. The Bertz CT molecular complexity index is 210. The summed E-state index contributed by atoms with van der Waals surface area (Å²) < 4.78 is 0. The fourth-order valence-electron chi connectivity index (χ4n) is 0.837. The molecule has 1 aromatic carbocycles. The summed E-state index contributed by atoms with van der Waals surface area (Å²) in [5, 5.41) is 0.817. The Morgan fingerprint density at radius 1 is 1.40 bits per heavy atom. The highest BCUT2D eigenvalue weighted by Crippen LogP contribution is 2.11. The van der Waals surface area contributed by atoms with Crippen molar-refractivity contribution in [2.24, 2.45) is 0 Å². The van der Waals surface area contributed by atoms with Crippen LogP contribution in [-0.4, -0.2) is 10.2 Å². The Balaban J connectivity index is 2.75. The topological polar surface area (TPSA) is 0 Å². The molecule has 0 unspecified atom stereocenters. The van der Waals surface area contributed by atoms with Crippen LogP contribution in [0.4, 0.5) is 0 Å². The van der Waals surface area contributed by atoms with Gasteiger partial charge in [0.15, 0.2) is 0 Å². The molecule has 0 aliphatic rings. The van der Waals surface area contributed by atoms with Gasteiger partial charge in [-0.25, -0.2) is 0 Å². The molecule has 0 amide bonds. The van der Waals surface area contributed by atoms with Gasteiger partial charge in [-0.1, -0.05) is 29.8 Å². The Morgan fingerprint density at radius 3 is 2.80 bits per heavy atom. The Morgan fingerprint density at radius 2 is 2.20 bits per heavy atom. The van der Waals surface area contributed by atoms with Crippen molar-refractivity contribution < 1.29 is 0 Å². The molecule has 0 N–H and O–H groups in total. The van der Waals surface area contributed by atoms with E-state index < -0.39 is 0 Å². The van der Waals surface area contributed by atoms with Crippen LogP contribution in [0, 0.1) is 0 Å². The summed E-state index contributed by atoms with van der Waals surface area (Å²) in [6.45, 7) is 0. The van der Waals surface area contributed by atoms with E-state index in [0.717, 1.165) is 17.5 Å². The lowest BCUT2D eigenvalue weighted by Gasteiger charge is -1.96. The van der Waals surface area contributed by atoms with E-state index in [9.17, 15) is 0 Å². The number of benzene rings is 1. The van der Waals surface area contributed by atoms with Gasteiger partial charge in [0.25, 0.3) is 0 Å². The number of aryl methyl sites for hydroxylation is 1. The normalized spacial score (nSPS) is 9.80. The van der Waals surface area contributed by atoms with Gasteiger partial charge in [-0.3, -0.25) is 0 Å². The lowest BCUT2D eigenvalue weighted by atomic mass is 10.2. The van der Waals surface area contributed by atoms with Gasteiger partial charge in [0.05, 0.1) is 0 Å². The number of halogens is 1. The highest BCUT2D eigenvalue weighted by molar-refractivity contribution is 6.30. The minimum atomic E-state index is 0.817. The molecule has 1 rings (SSSR count). The molecule has 0 spiro atoms. The van der Waals surface area contributed by atoms with Gasteiger partial charge in [0, 0.05) is 15.3 Å². The maximum absolute atomic E-state index is 5.76. The molecule has 0 aliphatic carbocycles. The molecule has 10 heavy (non-hydrogen) atoms. The second-order valence-corrected chi connectivity index (χ2v) is 3.07. The molecule has 3 radical (unpaired) electrons. The smallest absolute Gasteiger partial charge is 0.0408 e. The van der Waals surface area contributed by atoms with Crippen LogP contribution in [0.15, 0.2) is 24.3 Å². The van der Waals surface area contributed by atoms with Gasteiger partial charge >= 0.3 is 0 Å². The van der Waals surface area contributed by atoms with E-state index in [1.54, 1.807) is 0 Å². The maximum atomic E-state index is 5.76. The summed E-state index contributed by atoms with van der Waals surface area (Å²) in [5.74, 6) is 0. The largest absolute Gasteiger partial charge is 0.0843 e. The Kier molecular flexibility index (Phi) is 2.97. The number of rotatable bonds is 2. The molecule has 2 heteroatoms. The van der Waals surface area contributed by atoms with E-state index in [0.29, 0.717) is 0 Å². The van der Waals surface area contributed by atoms with Crippen molar-refractivity contribution in [1.29, 1.82) is 0 Å². The summed E-state index contributed by atoms with van der Waals surface area (Å²) in [6, 6.07) is 8.91. The fraction of sp³-hybridized carbons (Fsp3) is 0.250. The molecule has 0 fully saturated rings. The summed E-state index contributed by atoms with van der Waals surface area (Å²) in [5.41, 5.74) is 1.28. The van der Waals surface area contributed by atoms with Crippen LogP contribution in [-0.2, 0) is 6.42 Å². The summed E-state index contributed by atoms with van der Waals surface area (Å²) in [4.78, 5) is 0. The van der Waals surface area contributed by atoms with Gasteiger partial charge in [0.1, 0.15) is 0 Å². The zero-order valence-electron chi connectivity index (χ0n) is 5.60. The lowest BCUT2D eigenvalue weighted by Crippen LogP contribution is -1.81. The van der Waals surface area contributed by atoms with Crippen LogP contribution >= 0.6 is 11.6 Å². The molecule has 51 valence electrons. The van der Waals surface area contributed by atoms with Crippen LogP contribution in [0.2, 0.25) is 11.1 Å². The van der Waals surface area contributed by atoms with E-state index >= 15 is 0 Å². The van der Waals surface area contributed by atoms with Crippen molar-refractivity contribution in [3.05, 3.63) is 34.9 Å². The van der Waals surface area contributed by atoms with E-state index in [1.807, 2.05) is 18.2 Å². The van der Waals surface area contributed by atoms with Crippen LogP contribution < -0.4 is 0 Å². The van der Waals surface area contributed by atoms with Gasteiger partial charge in [-0.2, -0.15) is 0 Å². The second-order valence-electron chi connectivity index (χ2n) is 2.13. The predicted octanol–water partition coefficient (Wildman–Crippen LogP) is 2.47. The molecule has 0 aliphatic heterocycles. The van der Waals surface area contributed by atoms with Crippen molar-refractivity contribution in [3.63, 3.8) is 0 Å². The lowest BCUT2D eigenvalue weighted by molar-refractivity contribution is 1.13. The highest BCUT2D eigenvalue weighted by atomic mass is 35.5. The Labute approximate surface area is 69.6 Å².